The number of aromatic amines is 1. The molecule has 0 saturated heterocycles. The Balaban J connectivity index is 1.67. The van der Waals surface area contributed by atoms with Gasteiger partial charge in [0.1, 0.15) is 0 Å². The molecule has 0 atom stereocenters. The lowest BCUT2D eigenvalue weighted by molar-refractivity contribution is 0.865. The van der Waals surface area contributed by atoms with Gasteiger partial charge in [0.05, 0.1) is 0 Å². The Bertz CT molecular complexity index is 845. The fourth-order valence-electron chi connectivity index (χ4n) is 2.57. The number of nitrogens with zero attached hydrogens (tertiary/aromatic N) is 1. The zero-order valence-corrected chi connectivity index (χ0v) is 14.5. The zero-order chi connectivity index (χ0) is 16.8. The molecule has 122 valence electrons. The van der Waals surface area contributed by atoms with Crippen LogP contribution in [0.5, 0.6) is 0 Å². The van der Waals surface area contributed by atoms with Gasteiger partial charge in [-0.2, -0.15) is 0 Å². The highest BCUT2D eigenvalue weighted by atomic mass is 32.2. The van der Waals surface area contributed by atoms with E-state index in [1.165, 1.54) is 5.56 Å². The van der Waals surface area contributed by atoms with Crippen LogP contribution < -0.4 is 5.56 Å². The molecule has 4 heteroatoms. The van der Waals surface area contributed by atoms with E-state index in [1.54, 1.807) is 11.8 Å². The molecule has 0 spiro atoms. The van der Waals surface area contributed by atoms with Gasteiger partial charge in [0.15, 0.2) is 5.16 Å². The molecule has 3 nitrogen and oxygen atoms in total. The fourth-order valence-corrected chi connectivity index (χ4v) is 3.47. The van der Waals surface area contributed by atoms with E-state index in [1.807, 2.05) is 55.5 Å². The second kappa shape index (κ2) is 7.97. The fraction of sp³-hybridized carbons (Fsp3) is 0.200. The van der Waals surface area contributed by atoms with Gasteiger partial charge in [-0.25, -0.2) is 4.98 Å². The van der Waals surface area contributed by atoms with E-state index in [0.717, 1.165) is 29.0 Å². The van der Waals surface area contributed by atoms with Crippen molar-refractivity contribution in [3.63, 3.8) is 0 Å². The van der Waals surface area contributed by atoms with Crippen molar-refractivity contribution < 1.29 is 0 Å². The van der Waals surface area contributed by atoms with Gasteiger partial charge in [-0.05, 0) is 24.5 Å². The van der Waals surface area contributed by atoms with Crippen molar-refractivity contribution in [2.75, 3.05) is 5.75 Å². The van der Waals surface area contributed by atoms with Crippen LogP contribution >= 0.6 is 11.8 Å². The maximum atomic E-state index is 12.4. The summed E-state index contributed by atoms with van der Waals surface area (Å²) in [5, 5.41) is 0.699. The summed E-state index contributed by atoms with van der Waals surface area (Å²) in [5.74, 6) is 0.893. The largest absolute Gasteiger partial charge is 0.301 e. The van der Waals surface area contributed by atoms with Gasteiger partial charge in [-0.15, -0.1) is 0 Å². The van der Waals surface area contributed by atoms with Crippen molar-refractivity contribution in [3.05, 3.63) is 93.4 Å². The number of thioether (sulfide) groups is 1. The van der Waals surface area contributed by atoms with E-state index in [9.17, 15) is 4.79 Å². The third-order valence-corrected chi connectivity index (χ3v) is 4.77. The molecule has 2 aromatic carbocycles. The van der Waals surface area contributed by atoms with E-state index >= 15 is 0 Å². The molecule has 0 amide bonds. The number of H-pyrrole nitrogens is 1. The molecule has 0 radical (unpaired) electrons. The van der Waals surface area contributed by atoms with Gasteiger partial charge >= 0.3 is 0 Å². The Morgan fingerprint density at radius 2 is 1.58 bits per heavy atom. The van der Waals surface area contributed by atoms with Crippen LogP contribution in [0.25, 0.3) is 0 Å². The molecule has 3 rings (SSSR count). The Morgan fingerprint density at radius 3 is 2.21 bits per heavy atom. The van der Waals surface area contributed by atoms with Crippen LogP contribution in [0.2, 0.25) is 0 Å². The molecule has 0 aliphatic heterocycles. The Kier molecular flexibility index (Phi) is 5.49. The van der Waals surface area contributed by atoms with E-state index in [0.29, 0.717) is 11.6 Å². The number of nitrogens with one attached hydrogen (secondary N) is 1. The molecule has 24 heavy (non-hydrogen) atoms. The van der Waals surface area contributed by atoms with E-state index in [2.05, 4.69) is 22.1 Å². The summed E-state index contributed by atoms with van der Waals surface area (Å²) < 4.78 is 0. The minimum absolute atomic E-state index is 0.0337. The number of benzene rings is 2. The van der Waals surface area contributed by atoms with Gasteiger partial charge in [-0.3, -0.25) is 4.79 Å². The van der Waals surface area contributed by atoms with Crippen LogP contribution in [-0.4, -0.2) is 15.7 Å². The molecule has 1 heterocycles. The molecular weight excluding hydrogens is 316 g/mol. The van der Waals surface area contributed by atoms with Crippen LogP contribution in [0.3, 0.4) is 0 Å². The zero-order valence-electron chi connectivity index (χ0n) is 13.7. The van der Waals surface area contributed by atoms with Crippen LogP contribution in [0.15, 0.2) is 70.6 Å². The van der Waals surface area contributed by atoms with Crippen molar-refractivity contribution in [2.24, 2.45) is 0 Å². The van der Waals surface area contributed by atoms with Gasteiger partial charge in [-0.1, -0.05) is 72.4 Å². The molecule has 3 aromatic rings. The molecule has 1 aromatic heterocycles. The summed E-state index contributed by atoms with van der Waals surface area (Å²) in [6.45, 7) is 1.91. The minimum atomic E-state index is -0.0337. The molecular formula is C20H20N2OS. The van der Waals surface area contributed by atoms with E-state index in [-0.39, 0.29) is 5.56 Å². The van der Waals surface area contributed by atoms with Crippen molar-refractivity contribution >= 4 is 11.8 Å². The standard InChI is InChI=1S/C20H20N2OS/c1-15-18(14-17-10-6-3-7-11-17)19(23)22-20(21-15)24-13-12-16-8-4-2-5-9-16/h2-11H,12-14H2,1H3,(H,21,22,23). The van der Waals surface area contributed by atoms with Gasteiger partial charge < -0.3 is 4.98 Å². The quantitative estimate of drug-likeness (QED) is 0.546. The van der Waals surface area contributed by atoms with Crippen molar-refractivity contribution in [2.45, 2.75) is 24.9 Å². The lowest BCUT2D eigenvalue weighted by Gasteiger charge is -2.07. The second-order valence-electron chi connectivity index (χ2n) is 5.68. The summed E-state index contributed by atoms with van der Waals surface area (Å²) in [6.07, 6.45) is 1.57. The summed E-state index contributed by atoms with van der Waals surface area (Å²) in [5.41, 5.74) is 3.94. The highest BCUT2D eigenvalue weighted by Crippen LogP contribution is 2.16. The molecule has 0 bridgehead atoms. The first-order chi connectivity index (χ1) is 11.7. The SMILES string of the molecule is Cc1nc(SCCc2ccccc2)[nH]c(=O)c1Cc1ccccc1. The molecule has 0 fully saturated rings. The number of hydrogen-bond acceptors (Lipinski definition) is 3. The predicted molar refractivity (Wildman–Crippen MR) is 99.7 cm³/mol. The number of aryl methyl sites for hydroxylation is 2. The van der Waals surface area contributed by atoms with Gasteiger partial charge in [0.2, 0.25) is 0 Å². The summed E-state index contributed by atoms with van der Waals surface area (Å²) >= 11 is 1.59. The Labute approximate surface area is 146 Å². The first-order valence-electron chi connectivity index (χ1n) is 8.03. The minimum Gasteiger partial charge on any atom is -0.301 e. The highest BCUT2D eigenvalue weighted by Gasteiger charge is 2.09. The third kappa shape index (κ3) is 4.36. The number of aromatic nitrogens is 2. The van der Waals surface area contributed by atoms with E-state index < -0.39 is 0 Å². The molecule has 0 unspecified atom stereocenters. The second-order valence-corrected chi connectivity index (χ2v) is 6.77. The Hall–Kier alpha value is -2.33. The highest BCUT2D eigenvalue weighted by molar-refractivity contribution is 7.99. The van der Waals surface area contributed by atoms with Crippen LogP contribution in [0, 0.1) is 6.92 Å². The summed E-state index contributed by atoms with van der Waals surface area (Å²) in [6, 6.07) is 20.3. The first kappa shape index (κ1) is 16.5. The van der Waals surface area contributed by atoms with Gasteiger partial charge in [0.25, 0.3) is 5.56 Å². The molecule has 0 saturated carbocycles. The average Bonchev–Trinajstić information content (AvgIpc) is 2.60. The maximum absolute atomic E-state index is 12.4. The lowest BCUT2D eigenvalue weighted by atomic mass is 10.1. The molecule has 0 aliphatic carbocycles. The topological polar surface area (TPSA) is 45.8 Å². The number of hydrogen-bond donors (Lipinski definition) is 1. The van der Waals surface area contributed by atoms with Crippen LogP contribution in [-0.2, 0) is 12.8 Å². The smallest absolute Gasteiger partial charge is 0.255 e. The third-order valence-electron chi connectivity index (χ3n) is 3.90. The molecule has 0 aliphatic rings. The predicted octanol–water partition coefficient (Wildman–Crippen LogP) is 4.00. The first-order valence-corrected chi connectivity index (χ1v) is 9.01. The summed E-state index contributed by atoms with van der Waals surface area (Å²) in [7, 11) is 0. The van der Waals surface area contributed by atoms with E-state index in [4.69, 9.17) is 0 Å². The average molecular weight is 336 g/mol. The number of rotatable bonds is 6. The molecule has 1 N–H and O–H groups in total. The maximum Gasteiger partial charge on any atom is 0.255 e. The van der Waals surface area contributed by atoms with Crippen molar-refractivity contribution in [1.82, 2.24) is 9.97 Å². The van der Waals surface area contributed by atoms with Crippen LogP contribution in [0.4, 0.5) is 0 Å². The summed E-state index contributed by atoms with van der Waals surface area (Å²) in [4.78, 5) is 19.9. The monoisotopic (exact) mass is 336 g/mol. The van der Waals surface area contributed by atoms with Crippen LogP contribution in [0.1, 0.15) is 22.4 Å². The van der Waals surface area contributed by atoms with Gasteiger partial charge in [0, 0.05) is 23.4 Å². The lowest BCUT2D eigenvalue weighted by Crippen LogP contribution is -2.17. The van der Waals surface area contributed by atoms with Crippen molar-refractivity contribution in [1.29, 1.82) is 0 Å². The Morgan fingerprint density at radius 1 is 0.958 bits per heavy atom. The normalized spacial score (nSPS) is 10.7. The van der Waals surface area contributed by atoms with Crippen molar-refractivity contribution in [3.8, 4) is 0 Å².